The minimum atomic E-state index is -3.51. The summed E-state index contributed by atoms with van der Waals surface area (Å²) < 4.78 is 25.6. The number of nitrogens with one attached hydrogen (secondary N) is 2. The smallest absolute Gasteiger partial charge is 0.229 e. The SMILES string of the molecule is CS(=O)(=O)Nc1cc(-c2ccc3ncc(C#N)c(NCc4ccccc4)c3c2)cnc1Cl. The second-order valence-electron chi connectivity index (χ2n) is 7.17. The molecule has 7 nitrogen and oxygen atoms in total. The zero-order valence-electron chi connectivity index (χ0n) is 17.0. The molecular formula is C23H18ClN5O2S. The van der Waals surface area contributed by atoms with Crippen molar-refractivity contribution < 1.29 is 8.42 Å². The van der Waals surface area contributed by atoms with Gasteiger partial charge in [-0.1, -0.05) is 48.0 Å². The van der Waals surface area contributed by atoms with Gasteiger partial charge in [-0.3, -0.25) is 9.71 Å². The third-order valence-corrected chi connectivity index (χ3v) is 5.66. The number of hydrogen-bond acceptors (Lipinski definition) is 6. The highest BCUT2D eigenvalue weighted by molar-refractivity contribution is 7.92. The molecule has 2 aromatic heterocycles. The van der Waals surface area contributed by atoms with Crippen molar-refractivity contribution in [3.05, 3.63) is 83.3 Å². The first-order valence-corrected chi connectivity index (χ1v) is 11.9. The van der Waals surface area contributed by atoms with Crippen LogP contribution in [-0.2, 0) is 16.6 Å². The Bertz CT molecular complexity index is 1450. The number of nitrogens with zero attached hydrogens (tertiary/aromatic N) is 3. The fourth-order valence-corrected chi connectivity index (χ4v) is 4.07. The Labute approximate surface area is 190 Å². The molecule has 0 amide bonds. The van der Waals surface area contributed by atoms with Gasteiger partial charge in [-0.2, -0.15) is 5.26 Å². The molecule has 160 valence electrons. The molecule has 4 rings (SSSR count). The summed E-state index contributed by atoms with van der Waals surface area (Å²) in [6.45, 7) is 0.545. The Morgan fingerprint density at radius 1 is 1.03 bits per heavy atom. The first-order valence-electron chi connectivity index (χ1n) is 9.58. The van der Waals surface area contributed by atoms with Gasteiger partial charge in [0.15, 0.2) is 5.15 Å². The van der Waals surface area contributed by atoms with Crippen LogP contribution >= 0.6 is 11.6 Å². The number of fused-ring (bicyclic) bond motifs is 1. The van der Waals surface area contributed by atoms with E-state index in [1.165, 1.54) is 0 Å². The van der Waals surface area contributed by atoms with E-state index in [2.05, 4.69) is 26.1 Å². The highest BCUT2D eigenvalue weighted by Crippen LogP contribution is 2.32. The summed E-state index contributed by atoms with van der Waals surface area (Å²) in [5, 5.41) is 13.8. The normalized spacial score (nSPS) is 11.2. The van der Waals surface area contributed by atoms with Gasteiger partial charge in [0, 0.05) is 29.9 Å². The van der Waals surface area contributed by atoms with Gasteiger partial charge in [-0.05, 0) is 29.3 Å². The average Bonchev–Trinajstić information content (AvgIpc) is 2.78. The molecule has 0 atom stereocenters. The lowest BCUT2D eigenvalue weighted by atomic mass is 10.0. The van der Waals surface area contributed by atoms with Crippen LogP contribution in [0.4, 0.5) is 11.4 Å². The molecule has 0 aliphatic rings. The zero-order chi connectivity index (χ0) is 22.7. The molecule has 2 N–H and O–H groups in total. The van der Waals surface area contributed by atoms with E-state index >= 15 is 0 Å². The van der Waals surface area contributed by atoms with Crippen LogP contribution in [0.25, 0.3) is 22.0 Å². The van der Waals surface area contributed by atoms with Crippen molar-refractivity contribution in [1.82, 2.24) is 9.97 Å². The van der Waals surface area contributed by atoms with Crippen LogP contribution in [0.1, 0.15) is 11.1 Å². The fraction of sp³-hybridized carbons (Fsp3) is 0.0870. The molecule has 2 aromatic carbocycles. The van der Waals surface area contributed by atoms with Gasteiger partial charge in [0.1, 0.15) is 6.07 Å². The number of pyridine rings is 2. The molecule has 2 heterocycles. The molecule has 32 heavy (non-hydrogen) atoms. The van der Waals surface area contributed by atoms with Gasteiger partial charge < -0.3 is 5.32 Å². The molecular weight excluding hydrogens is 446 g/mol. The van der Waals surface area contributed by atoms with E-state index in [1.807, 2.05) is 48.5 Å². The molecule has 0 aliphatic carbocycles. The summed E-state index contributed by atoms with van der Waals surface area (Å²) in [5.74, 6) is 0. The van der Waals surface area contributed by atoms with Crippen LogP contribution in [0.3, 0.4) is 0 Å². The Morgan fingerprint density at radius 3 is 2.53 bits per heavy atom. The minimum Gasteiger partial charge on any atom is -0.379 e. The Balaban J connectivity index is 1.78. The summed E-state index contributed by atoms with van der Waals surface area (Å²) >= 11 is 6.05. The molecule has 9 heteroatoms. The second-order valence-corrected chi connectivity index (χ2v) is 9.27. The summed E-state index contributed by atoms with van der Waals surface area (Å²) in [6, 6.07) is 19.3. The largest absolute Gasteiger partial charge is 0.379 e. The standard InChI is InChI=1S/C23H18ClN5O2S/c1-32(30,31)29-21-10-17(13-28-23(21)24)16-7-8-20-19(9-16)22(18(11-25)14-26-20)27-12-15-5-3-2-4-6-15/h2-10,13-14,29H,12H2,1H3,(H,26,27). The second kappa shape index (κ2) is 8.83. The monoisotopic (exact) mass is 463 g/mol. The molecule has 4 aromatic rings. The number of hydrogen-bond donors (Lipinski definition) is 2. The maximum Gasteiger partial charge on any atom is 0.229 e. The van der Waals surface area contributed by atoms with E-state index in [0.717, 1.165) is 28.3 Å². The summed E-state index contributed by atoms with van der Waals surface area (Å²) in [5.41, 5.74) is 4.55. The average molecular weight is 464 g/mol. The number of benzene rings is 2. The minimum absolute atomic E-state index is 0.0543. The first-order chi connectivity index (χ1) is 15.3. The Hall–Kier alpha value is -3.67. The van der Waals surface area contributed by atoms with Crippen molar-refractivity contribution >= 4 is 43.9 Å². The van der Waals surface area contributed by atoms with E-state index in [9.17, 15) is 13.7 Å². The summed E-state index contributed by atoms with van der Waals surface area (Å²) in [7, 11) is -3.51. The van der Waals surface area contributed by atoms with Gasteiger partial charge in [0.25, 0.3) is 0 Å². The van der Waals surface area contributed by atoms with Gasteiger partial charge in [-0.25, -0.2) is 13.4 Å². The van der Waals surface area contributed by atoms with Crippen molar-refractivity contribution in [2.75, 3.05) is 16.3 Å². The van der Waals surface area contributed by atoms with Gasteiger partial charge in [0.05, 0.1) is 28.7 Å². The highest BCUT2D eigenvalue weighted by Gasteiger charge is 2.13. The predicted molar refractivity (Wildman–Crippen MR) is 127 cm³/mol. The van der Waals surface area contributed by atoms with E-state index in [4.69, 9.17) is 11.6 Å². The van der Waals surface area contributed by atoms with Crippen molar-refractivity contribution in [2.24, 2.45) is 0 Å². The molecule has 0 fully saturated rings. The highest BCUT2D eigenvalue weighted by atomic mass is 35.5. The van der Waals surface area contributed by atoms with Crippen LogP contribution < -0.4 is 10.0 Å². The zero-order valence-corrected chi connectivity index (χ0v) is 18.6. The lowest BCUT2D eigenvalue weighted by Gasteiger charge is -2.13. The number of anilines is 2. The number of aromatic nitrogens is 2. The number of halogens is 1. The predicted octanol–water partition coefficient (Wildman–Crippen LogP) is 4.81. The van der Waals surface area contributed by atoms with E-state index in [1.54, 1.807) is 18.5 Å². The van der Waals surface area contributed by atoms with Crippen molar-refractivity contribution in [3.63, 3.8) is 0 Å². The molecule has 0 radical (unpaired) electrons. The third kappa shape index (κ3) is 4.80. The van der Waals surface area contributed by atoms with Crippen LogP contribution in [0.2, 0.25) is 5.15 Å². The van der Waals surface area contributed by atoms with E-state index in [-0.39, 0.29) is 10.8 Å². The van der Waals surface area contributed by atoms with Crippen LogP contribution in [0, 0.1) is 11.3 Å². The Morgan fingerprint density at radius 2 is 1.81 bits per heavy atom. The fourth-order valence-electron chi connectivity index (χ4n) is 3.31. The van der Waals surface area contributed by atoms with Crippen molar-refractivity contribution in [1.29, 1.82) is 5.26 Å². The molecule has 0 unspecified atom stereocenters. The summed E-state index contributed by atoms with van der Waals surface area (Å²) in [6.07, 6.45) is 4.16. The topological polar surface area (TPSA) is 108 Å². The van der Waals surface area contributed by atoms with Crippen molar-refractivity contribution in [3.8, 4) is 17.2 Å². The third-order valence-electron chi connectivity index (χ3n) is 4.77. The van der Waals surface area contributed by atoms with Crippen LogP contribution in [-0.4, -0.2) is 24.6 Å². The first kappa shape index (κ1) is 21.6. The lowest BCUT2D eigenvalue weighted by Crippen LogP contribution is -2.10. The van der Waals surface area contributed by atoms with Gasteiger partial charge in [0.2, 0.25) is 10.0 Å². The molecule has 0 saturated carbocycles. The van der Waals surface area contributed by atoms with Crippen molar-refractivity contribution in [2.45, 2.75) is 6.54 Å². The number of nitriles is 1. The molecule has 0 spiro atoms. The molecule has 0 aliphatic heterocycles. The molecule has 0 bridgehead atoms. The summed E-state index contributed by atoms with van der Waals surface area (Å²) in [4.78, 5) is 8.50. The van der Waals surface area contributed by atoms with Gasteiger partial charge >= 0.3 is 0 Å². The number of sulfonamides is 1. The number of rotatable bonds is 6. The van der Waals surface area contributed by atoms with E-state index < -0.39 is 10.0 Å². The lowest BCUT2D eigenvalue weighted by molar-refractivity contribution is 0.607. The van der Waals surface area contributed by atoms with Crippen LogP contribution in [0.15, 0.2) is 67.0 Å². The quantitative estimate of drug-likeness (QED) is 0.397. The molecule has 0 saturated heterocycles. The van der Waals surface area contributed by atoms with E-state index in [0.29, 0.717) is 23.4 Å². The maximum absolute atomic E-state index is 11.6. The Kier molecular flexibility index (Phi) is 5.95. The van der Waals surface area contributed by atoms with Crippen LogP contribution in [0.5, 0.6) is 0 Å². The maximum atomic E-state index is 11.6. The van der Waals surface area contributed by atoms with Gasteiger partial charge in [-0.15, -0.1) is 0 Å².